The maximum atomic E-state index is 12.4. The Morgan fingerprint density at radius 1 is 1.18 bits per heavy atom. The van der Waals surface area contributed by atoms with E-state index in [1.807, 2.05) is 6.92 Å². The largest absolute Gasteiger partial charge is 0.481 e. The van der Waals surface area contributed by atoms with Gasteiger partial charge in [0.25, 0.3) is 5.91 Å². The number of imidazole rings is 1. The second kappa shape index (κ2) is 8.27. The minimum atomic E-state index is -0.700. The fraction of sp³-hybridized carbons (Fsp3) is 0.190. The predicted molar refractivity (Wildman–Crippen MR) is 108 cm³/mol. The van der Waals surface area contributed by atoms with Crippen molar-refractivity contribution in [3.05, 3.63) is 76.8 Å². The van der Waals surface area contributed by atoms with Crippen molar-refractivity contribution in [2.24, 2.45) is 7.05 Å². The molecule has 0 aliphatic heterocycles. The Labute approximate surface area is 168 Å². The third-order valence-corrected chi connectivity index (χ3v) is 4.48. The predicted octanol–water partition coefficient (Wildman–Crippen LogP) is 4.02. The number of aryl methyl sites for hydroxylation is 2. The highest BCUT2D eigenvalue weighted by molar-refractivity contribution is 6.30. The average molecular weight is 398 g/mol. The van der Waals surface area contributed by atoms with E-state index in [4.69, 9.17) is 16.3 Å². The molecular weight excluding hydrogens is 378 g/mol. The van der Waals surface area contributed by atoms with Crippen LogP contribution in [0.3, 0.4) is 0 Å². The number of hydrogen-bond donors (Lipinski definition) is 1. The van der Waals surface area contributed by atoms with E-state index >= 15 is 0 Å². The lowest BCUT2D eigenvalue weighted by Gasteiger charge is -2.16. The van der Waals surface area contributed by atoms with Gasteiger partial charge >= 0.3 is 0 Å². The first kappa shape index (κ1) is 19.6. The number of benzene rings is 2. The van der Waals surface area contributed by atoms with Gasteiger partial charge in [-0.15, -0.1) is 0 Å². The van der Waals surface area contributed by atoms with Gasteiger partial charge in [0.05, 0.1) is 0 Å². The number of ketones is 1. The standard InChI is InChI=1S/C21H20ClN3O3/c1-13-12-16(22)6-9-18(13)28-14(2)21(27)24-17-7-4-15(5-8-17)19(26)20-23-10-11-25(20)3/h4-12,14H,1-3H3,(H,24,27)/t14-/m1/s1. The van der Waals surface area contributed by atoms with Gasteiger partial charge < -0.3 is 14.6 Å². The number of aromatic nitrogens is 2. The third-order valence-electron chi connectivity index (χ3n) is 4.25. The number of rotatable bonds is 6. The van der Waals surface area contributed by atoms with E-state index < -0.39 is 6.10 Å². The number of anilines is 1. The second-order valence-corrected chi connectivity index (χ2v) is 6.86. The third kappa shape index (κ3) is 4.40. The highest BCUT2D eigenvalue weighted by Crippen LogP contribution is 2.23. The fourth-order valence-electron chi connectivity index (χ4n) is 2.65. The molecule has 28 heavy (non-hydrogen) atoms. The molecule has 0 spiro atoms. The van der Waals surface area contributed by atoms with E-state index in [-0.39, 0.29) is 11.7 Å². The SMILES string of the molecule is Cc1cc(Cl)ccc1O[C@H](C)C(=O)Nc1ccc(C(=O)c2nccn2C)cc1. The van der Waals surface area contributed by atoms with Crippen molar-refractivity contribution in [2.45, 2.75) is 20.0 Å². The van der Waals surface area contributed by atoms with Crippen LogP contribution in [-0.2, 0) is 11.8 Å². The quantitative estimate of drug-likeness (QED) is 0.637. The van der Waals surface area contributed by atoms with Gasteiger partial charge in [0.1, 0.15) is 5.75 Å². The summed E-state index contributed by atoms with van der Waals surface area (Å²) < 4.78 is 7.38. The molecular formula is C21H20ClN3O3. The Bertz CT molecular complexity index is 1010. The molecule has 0 bridgehead atoms. The molecule has 144 valence electrons. The molecule has 0 aliphatic carbocycles. The van der Waals surface area contributed by atoms with E-state index in [0.717, 1.165) is 5.56 Å². The van der Waals surface area contributed by atoms with Crippen LogP contribution in [0.15, 0.2) is 54.9 Å². The number of amides is 1. The van der Waals surface area contributed by atoms with Gasteiger partial charge in [0.15, 0.2) is 11.9 Å². The molecule has 1 amide bonds. The van der Waals surface area contributed by atoms with Crippen molar-refractivity contribution in [3.8, 4) is 5.75 Å². The Kier molecular flexibility index (Phi) is 5.80. The van der Waals surface area contributed by atoms with Crippen LogP contribution < -0.4 is 10.1 Å². The van der Waals surface area contributed by atoms with Crippen molar-refractivity contribution >= 4 is 29.0 Å². The lowest BCUT2D eigenvalue weighted by molar-refractivity contribution is -0.122. The summed E-state index contributed by atoms with van der Waals surface area (Å²) >= 11 is 5.94. The Morgan fingerprint density at radius 3 is 2.50 bits per heavy atom. The van der Waals surface area contributed by atoms with Crippen LogP contribution >= 0.6 is 11.6 Å². The molecule has 0 aliphatic rings. The van der Waals surface area contributed by atoms with Gasteiger partial charge in [0.2, 0.25) is 5.78 Å². The molecule has 7 heteroatoms. The molecule has 2 aromatic carbocycles. The summed E-state index contributed by atoms with van der Waals surface area (Å²) in [5, 5.41) is 3.40. The summed E-state index contributed by atoms with van der Waals surface area (Å²) in [6, 6.07) is 11.9. The van der Waals surface area contributed by atoms with Crippen LogP contribution in [-0.4, -0.2) is 27.3 Å². The molecule has 0 saturated heterocycles. The fourth-order valence-corrected chi connectivity index (χ4v) is 2.88. The van der Waals surface area contributed by atoms with Crippen LogP contribution in [0, 0.1) is 6.92 Å². The number of carbonyl (C=O) groups is 2. The molecule has 0 saturated carbocycles. The molecule has 1 aromatic heterocycles. The molecule has 3 rings (SSSR count). The van der Waals surface area contributed by atoms with Crippen molar-refractivity contribution in [1.29, 1.82) is 0 Å². The molecule has 0 radical (unpaired) electrons. The van der Waals surface area contributed by atoms with Crippen LogP contribution in [0.1, 0.15) is 28.7 Å². The van der Waals surface area contributed by atoms with Gasteiger partial charge in [-0.3, -0.25) is 9.59 Å². The van der Waals surface area contributed by atoms with Crippen molar-refractivity contribution < 1.29 is 14.3 Å². The molecule has 1 atom stereocenters. The number of carbonyl (C=O) groups excluding carboxylic acids is 2. The highest BCUT2D eigenvalue weighted by Gasteiger charge is 2.17. The van der Waals surface area contributed by atoms with Crippen LogP contribution in [0.2, 0.25) is 5.02 Å². The first-order valence-corrected chi connectivity index (χ1v) is 9.08. The van der Waals surface area contributed by atoms with Gasteiger partial charge in [-0.25, -0.2) is 4.98 Å². The number of halogens is 1. The molecule has 1 N–H and O–H groups in total. The minimum absolute atomic E-state index is 0.180. The molecule has 0 unspecified atom stereocenters. The topological polar surface area (TPSA) is 73.2 Å². The summed E-state index contributed by atoms with van der Waals surface area (Å²) in [5.74, 6) is 0.484. The normalized spacial score (nSPS) is 11.7. The maximum absolute atomic E-state index is 12.4. The summed E-state index contributed by atoms with van der Waals surface area (Å²) in [5.41, 5.74) is 1.92. The Hall–Kier alpha value is -3.12. The number of ether oxygens (including phenoxy) is 1. The first-order valence-electron chi connectivity index (χ1n) is 8.71. The van der Waals surface area contributed by atoms with Crippen LogP contribution in [0.5, 0.6) is 5.75 Å². The van der Waals surface area contributed by atoms with Gasteiger partial charge in [-0.05, 0) is 61.9 Å². The molecule has 6 nitrogen and oxygen atoms in total. The molecule has 1 heterocycles. The van der Waals surface area contributed by atoms with Crippen molar-refractivity contribution in [3.63, 3.8) is 0 Å². The van der Waals surface area contributed by atoms with E-state index in [1.165, 1.54) is 0 Å². The average Bonchev–Trinajstić information content (AvgIpc) is 3.10. The maximum Gasteiger partial charge on any atom is 0.265 e. The number of nitrogens with zero attached hydrogens (tertiary/aromatic N) is 2. The van der Waals surface area contributed by atoms with E-state index in [2.05, 4.69) is 10.3 Å². The number of hydrogen-bond acceptors (Lipinski definition) is 4. The zero-order valence-corrected chi connectivity index (χ0v) is 16.5. The lowest BCUT2D eigenvalue weighted by atomic mass is 10.1. The smallest absolute Gasteiger partial charge is 0.265 e. The zero-order valence-electron chi connectivity index (χ0n) is 15.8. The van der Waals surface area contributed by atoms with E-state index in [1.54, 1.807) is 73.4 Å². The molecule has 3 aromatic rings. The van der Waals surface area contributed by atoms with Gasteiger partial charge in [-0.1, -0.05) is 11.6 Å². The summed E-state index contributed by atoms with van der Waals surface area (Å²) in [6.45, 7) is 3.53. The van der Waals surface area contributed by atoms with E-state index in [9.17, 15) is 9.59 Å². The van der Waals surface area contributed by atoms with Crippen molar-refractivity contribution in [2.75, 3.05) is 5.32 Å². The van der Waals surface area contributed by atoms with Gasteiger partial charge in [0, 0.05) is 35.7 Å². The Morgan fingerprint density at radius 2 is 1.89 bits per heavy atom. The number of nitrogens with one attached hydrogen (secondary N) is 1. The van der Waals surface area contributed by atoms with Crippen LogP contribution in [0.25, 0.3) is 0 Å². The van der Waals surface area contributed by atoms with Gasteiger partial charge in [-0.2, -0.15) is 0 Å². The highest BCUT2D eigenvalue weighted by atomic mass is 35.5. The summed E-state index contributed by atoms with van der Waals surface area (Å²) in [6.07, 6.45) is 2.59. The van der Waals surface area contributed by atoms with Crippen molar-refractivity contribution in [1.82, 2.24) is 9.55 Å². The second-order valence-electron chi connectivity index (χ2n) is 6.43. The van der Waals surface area contributed by atoms with E-state index in [0.29, 0.717) is 27.8 Å². The summed E-state index contributed by atoms with van der Waals surface area (Å²) in [4.78, 5) is 28.9. The molecule has 0 fully saturated rings. The monoisotopic (exact) mass is 397 g/mol. The zero-order chi connectivity index (χ0) is 20.3. The van der Waals surface area contributed by atoms with Crippen LogP contribution in [0.4, 0.5) is 5.69 Å². The Balaban J connectivity index is 1.64. The summed E-state index contributed by atoms with van der Waals surface area (Å²) in [7, 11) is 1.76. The first-order chi connectivity index (χ1) is 13.3. The lowest BCUT2D eigenvalue weighted by Crippen LogP contribution is -2.30. The minimum Gasteiger partial charge on any atom is -0.481 e.